The van der Waals surface area contributed by atoms with Crippen molar-refractivity contribution in [3.63, 3.8) is 0 Å². The fraction of sp³-hybridized carbons (Fsp3) is 0.294. The fourth-order valence-electron chi connectivity index (χ4n) is 2.71. The van der Waals surface area contributed by atoms with Gasteiger partial charge in [0.1, 0.15) is 0 Å². The first-order valence-electron chi connectivity index (χ1n) is 6.87. The highest BCUT2D eigenvalue weighted by Gasteiger charge is 2.42. The SMILES string of the molecule is CC(O)(c1cc(-c2cccc(Cl)c2)ccc1N)C1CC1. The van der Waals surface area contributed by atoms with Crippen LogP contribution in [-0.4, -0.2) is 5.11 Å². The van der Waals surface area contributed by atoms with Crippen molar-refractivity contribution in [1.82, 2.24) is 0 Å². The maximum Gasteiger partial charge on any atom is 0.0916 e. The Kier molecular flexibility index (Phi) is 3.23. The van der Waals surface area contributed by atoms with Gasteiger partial charge in [0.15, 0.2) is 0 Å². The summed E-state index contributed by atoms with van der Waals surface area (Å²) >= 11 is 6.04. The number of aliphatic hydroxyl groups is 1. The zero-order valence-electron chi connectivity index (χ0n) is 11.4. The lowest BCUT2D eigenvalue weighted by molar-refractivity contribution is 0.0339. The molecule has 0 amide bonds. The molecule has 104 valence electrons. The van der Waals surface area contributed by atoms with Gasteiger partial charge in [0.25, 0.3) is 0 Å². The molecule has 2 nitrogen and oxygen atoms in total. The maximum absolute atomic E-state index is 10.7. The summed E-state index contributed by atoms with van der Waals surface area (Å²) in [4.78, 5) is 0. The van der Waals surface area contributed by atoms with Crippen molar-refractivity contribution >= 4 is 17.3 Å². The topological polar surface area (TPSA) is 46.2 Å². The molecule has 0 bridgehead atoms. The Balaban J connectivity index is 2.06. The third-order valence-electron chi connectivity index (χ3n) is 4.13. The van der Waals surface area contributed by atoms with Crippen LogP contribution in [0.5, 0.6) is 0 Å². The van der Waals surface area contributed by atoms with Crippen molar-refractivity contribution in [2.75, 3.05) is 5.73 Å². The molecule has 1 aliphatic carbocycles. The quantitative estimate of drug-likeness (QED) is 0.831. The highest BCUT2D eigenvalue weighted by atomic mass is 35.5. The van der Waals surface area contributed by atoms with Crippen LogP contribution in [-0.2, 0) is 5.60 Å². The molecule has 1 fully saturated rings. The van der Waals surface area contributed by atoms with Crippen molar-refractivity contribution in [2.45, 2.75) is 25.4 Å². The van der Waals surface area contributed by atoms with Crippen molar-refractivity contribution in [3.05, 3.63) is 53.1 Å². The number of anilines is 1. The van der Waals surface area contributed by atoms with Crippen LogP contribution in [0.1, 0.15) is 25.3 Å². The van der Waals surface area contributed by atoms with Gasteiger partial charge in [-0.25, -0.2) is 0 Å². The van der Waals surface area contributed by atoms with Crippen molar-refractivity contribution in [3.8, 4) is 11.1 Å². The van der Waals surface area contributed by atoms with Crippen LogP contribution in [0.3, 0.4) is 0 Å². The van der Waals surface area contributed by atoms with Crippen LogP contribution in [0.2, 0.25) is 5.02 Å². The Bertz CT molecular complexity index is 647. The molecule has 20 heavy (non-hydrogen) atoms. The lowest BCUT2D eigenvalue weighted by Gasteiger charge is -2.26. The van der Waals surface area contributed by atoms with Crippen molar-refractivity contribution in [1.29, 1.82) is 0 Å². The van der Waals surface area contributed by atoms with Gasteiger partial charge in [-0.15, -0.1) is 0 Å². The van der Waals surface area contributed by atoms with Gasteiger partial charge in [-0.05, 0) is 61.1 Å². The molecule has 0 aliphatic heterocycles. The molecule has 0 aromatic heterocycles. The summed E-state index contributed by atoms with van der Waals surface area (Å²) in [5, 5.41) is 11.4. The van der Waals surface area contributed by atoms with E-state index in [0.717, 1.165) is 29.5 Å². The normalized spacial score (nSPS) is 17.8. The molecule has 3 rings (SSSR count). The highest BCUT2D eigenvalue weighted by Crippen LogP contribution is 2.47. The fourth-order valence-corrected chi connectivity index (χ4v) is 2.90. The first-order chi connectivity index (χ1) is 9.48. The highest BCUT2D eigenvalue weighted by molar-refractivity contribution is 6.30. The molecule has 1 unspecified atom stereocenters. The lowest BCUT2D eigenvalue weighted by Crippen LogP contribution is -2.25. The first kappa shape index (κ1) is 13.5. The number of hydrogen-bond donors (Lipinski definition) is 2. The Morgan fingerprint density at radius 1 is 1.15 bits per heavy atom. The molecule has 2 aromatic rings. The molecular formula is C17H18ClNO. The zero-order valence-corrected chi connectivity index (χ0v) is 12.2. The van der Waals surface area contributed by atoms with Gasteiger partial charge >= 0.3 is 0 Å². The van der Waals surface area contributed by atoms with E-state index in [-0.39, 0.29) is 0 Å². The average molecular weight is 288 g/mol. The van der Waals surface area contributed by atoms with E-state index in [1.54, 1.807) is 0 Å². The van der Waals surface area contributed by atoms with E-state index in [9.17, 15) is 5.11 Å². The minimum Gasteiger partial charge on any atom is -0.398 e. The van der Waals surface area contributed by atoms with E-state index >= 15 is 0 Å². The maximum atomic E-state index is 10.7. The summed E-state index contributed by atoms with van der Waals surface area (Å²) in [7, 11) is 0. The van der Waals surface area contributed by atoms with E-state index in [2.05, 4.69) is 0 Å². The molecule has 1 atom stereocenters. The summed E-state index contributed by atoms with van der Waals surface area (Å²) < 4.78 is 0. The molecule has 0 spiro atoms. The molecule has 1 saturated carbocycles. The number of nitrogen functional groups attached to an aromatic ring is 1. The van der Waals surface area contributed by atoms with Crippen molar-refractivity contribution in [2.24, 2.45) is 5.92 Å². The second kappa shape index (κ2) is 4.80. The summed E-state index contributed by atoms with van der Waals surface area (Å²) in [5.41, 5.74) is 8.74. The van der Waals surface area contributed by atoms with E-state index in [0.29, 0.717) is 16.6 Å². The van der Waals surface area contributed by atoms with E-state index < -0.39 is 5.60 Å². The molecule has 0 heterocycles. The van der Waals surface area contributed by atoms with E-state index in [1.807, 2.05) is 49.4 Å². The molecule has 2 aromatic carbocycles. The Hall–Kier alpha value is -1.51. The Morgan fingerprint density at radius 3 is 2.50 bits per heavy atom. The lowest BCUT2D eigenvalue weighted by atomic mass is 9.87. The summed E-state index contributed by atoms with van der Waals surface area (Å²) in [6, 6.07) is 13.5. The monoisotopic (exact) mass is 287 g/mol. The number of nitrogens with two attached hydrogens (primary N) is 1. The van der Waals surface area contributed by atoms with Crippen LogP contribution >= 0.6 is 11.6 Å². The van der Waals surface area contributed by atoms with E-state index in [1.165, 1.54) is 0 Å². The zero-order chi connectivity index (χ0) is 14.3. The molecule has 1 aliphatic rings. The van der Waals surface area contributed by atoms with Gasteiger partial charge in [0.05, 0.1) is 5.60 Å². The van der Waals surface area contributed by atoms with Crippen LogP contribution in [0, 0.1) is 5.92 Å². The van der Waals surface area contributed by atoms with Gasteiger partial charge in [-0.2, -0.15) is 0 Å². The third-order valence-corrected chi connectivity index (χ3v) is 4.36. The predicted octanol–water partition coefficient (Wildman–Crippen LogP) is 4.21. The number of rotatable bonds is 3. The summed E-state index contributed by atoms with van der Waals surface area (Å²) in [5.74, 6) is 0.319. The minimum atomic E-state index is -0.849. The molecule has 0 saturated heterocycles. The molecule has 0 radical (unpaired) electrons. The van der Waals surface area contributed by atoms with Gasteiger partial charge in [0.2, 0.25) is 0 Å². The number of benzene rings is 2. The van der Waals surface area contributed by atoms with Gasteiger partial charge in [-0.1, -0.05) is 29.8 Å². The van der Waals surface area contributed by atoms with Crippen molar-refractivity contribution < 1.29 is 5.11 Å². The Morgan fingerprint density at radius 2 is 1.85 bits per heavy atom. The smallest absolute Gasteiger partial charge is 0.0916 e. The standard InChI is InChI=1S/C17H18ClNO/c1-17(20,13-6-7-13)15-10-12(5-8-16(15)19)11-3-2-4-14(18)9-11/h2-5,8-10,13,20H,6-7,19H2,1H3. The number of halogens is 1. The molecule has 3 N–H and O–H groups in total. The molecular weight excluding hydrogens is 270 g/mol. The third kappa shape index (κ3) is 2.41. The Labute approximate surface area is 124 Å². The van der Waals surface area contributed by atoms with Gasteiger partial charge in [0, 0.05) is 16.3 Å². The second-order valence-corrected chi connectivity index (χ2v) is 6.17. The predicted molar refractivity (Wildman–Crippen MR) is 83.6 cm³/mol. The first-order valence-corrected chi connectivity index (χ1v) is 7.24. The van der Waals surface area contributed by atoms with Crippen LogP contribution in [0.25, 0.3) is 11.1 Å². The van der Waals surface area contributed by atoms with Gasteiger partial charge < -0.3 is 10.8 Å². The van der Waals surface area contributed by atoms with Gasteiger partial charge in [-0.3, -0.25) is 0 Å². The summed E-state index contributed by atoms with van der Waals surface area (Å²) in [6.07, 6.45) is 2.13. The van der Waals surface area contributed by atoms with E-state index in [4.69, 9.17) is 17.3 Å². The summed E-state index contributed by atoms with van der Waals surface area (Å²) in [6.45, 7) is 1.86. The van der Waals surface area contributed by atoms with Crippen LogP contribution in [0.4, 0.5) is 5.69 Å². The second-order valence-electron chi connectivity index (χ2n) is 5.73. The number of hydrogen-bond acceptors (Lipinski definition) is 2. The minimum absolute atomic E-state index is 0.319. The average Bonchev–Trinajstić information content (AvgIpc) is 3.23. The largest absolute Gasteiger partial charge is 0.398 e. The van der Waals surface area contributed by atoms with Crippen LogP contribution < -0.4 is 5.73 Å². The van der Waals surface area contributed by atoms with Crippen LogP contribution in [0.15, 0.2) is 42.5 Å². The molecule has 3 heteroatoms.